The minimum atomic E-state index is 0.693. The molecule has 4 bridgehead atoms. The van der Waals surface area contributed by atoms with Crippen molar-refractivity contribution >= 4 is 0 Å². The molecule has 0 radical (unpaired) electrons. The molecule has 16 heavy (non-hydrogen) atoms. The van der Waals surface area contributed by atoms with E-state index in [1.165, 1.54) is 17.8 Å². The van der Waals surface area contributed by atoms with Gasteiger partial charge >= 0.3 is 0 Å². The summed E-state index contributed by atoms with van der Waals surface area (Å²) in [6.07, 6.45) is 3.18. The van der Waals surface area contributed by atoms with Gasteiger partial charge in [-0.05, 0) is 59.8 Å². The van der Waals surface area contributed by atoms with Gasteiger partial charge < -0.3 is 0 Å². The maximum absolute atomic E-state index is 2.42. The van der Waals surface area contributed by atoms with Crippen molar-refractivity contribution in [2.75, 3.05) is 0 Å². The van der Waals surface area contributed by atoms with Crippen LogP contribution in [0.15, 0.2) is 30.3 Å². The van der Waals surface area contributed by atoms with Crippen molar-refractivity contribution < 1.29 is 0 Å². The lowest BCUT2D eigenvalue weighted by molar-refractivity contribution is -0.188. The molecule has 7 rings (SSSR count). The van der Waals surface area contributed by atoms with E-state index in [1.807, 2.05) is 0 Å². The van der Waals surface area contributed by atoms with Crippen molar-refractivity contribution in [1.29, 1.82) is 0 Å². The summed E-state index contributed by atoms with van der Waals surface area (Å²) >= 11 is 0. The average molecular weight is 208 g/mol. The Bertz CT molecular complexity index is 502. The molecule has 6 saturated carbocycles. The lowest BCUT2D eigenvalue weighted by atomic mass is 9.34. The van der Waals surface area contributed by atoms with E-state index in [2.05, 4.69) is 30.3 Å². The van der Waals surface area contributed by atoms with Crippen molar-refractivity contribution in [2.45, 2.75) is 18.3 Å². The van der Waals surface area contributed by atoms with Gasteiger partial charge in [0.15, 0.2) is 0 Å². The zero-order valence-corrected chi connectivity index (χ0v) is 9.34. The summed E-state index contributed by atoms with van der Waals surface area (Å²) in [5, 5.41) is 0. The third-order valence-corrected chi connectivity index (χ3v) is 7.36. The molecule has 6 aliphatic carbocycles. The lowest BCUT2D eigenvalue weighted by Gasteiger charge is -2.70. The van der Waals surface area contributed by atoms with Gasteiger partial charge in [0.2, 0.25) is 0 Å². The van der Waals surface area contributed by atoms with Gasteiger partial charge in [0.1, 0.15) is 0 Å². The molecule has 0 saturated heterocycles. The molecule has 0 N–H and O–H groups in total. The molecular formula is C16H16. The number of benzene rings is 1. The van der Waals surface area contributed by atoms with Crippen molar-refractivity contribution in [3.8, 4) is 0 Å². The smallest absolute Gasteiger partial charge is 0.00236 e. The Hall–Kier alpha value is -0.780. The first kappa shape index (κ1) is 7.53. The van der Waals surface area contributed by atoms with Crippen molar-refractivity contribution in [3.05, 3.63) is 35.9 Å². The van der Waals surface area contributed by atoms with Crippen molar-refractivity contribution in [3.63, 3.8) is 0 Å². The van der Waals surface area contributed by atoms with Gasteiger partial charge in [0.25, 0.3) is 0 Å². The molecule has 0 aromatic heterocycles. The van der Waals surface area contributed by atoms with E-state index in [4.69, 9.17) is 0 Å². The zero-order valence-electron chi connectivity index (χ0n) is 9.34. The second kappa shape index (κ2) is 1.89. The molecule has 8 unspecified atom stereocenters. The molecule has 1 aromatic rings. The molecule has 0 heterocycles. The molecule has 0 spiro atoms. The molecule has 1 aromatic carbocycles. The standard InChI is InChI=1S/C16H16/c1-2-4-8(5-3-1)16-7-11-9-6-10-12(11)15(16)13(10)14(9)16/h1-5,9-15H,6-7H2. The van der Waals surface area contributed by atoms with Crippen LogP contribution < -0.4 is 0 Å². The highest BCUT2D eigenvalue weighted by molar-refractivity contribution is 5.47. The van der Waals surface area contributed by atoms with Crippen LogP contribution in [0.2, 0.25) is 0 Å². The Labute approximate surface area is 96.1 Å². The highest BCUT2D eigenvalue weighted by Gasteiger charge is 2.89. The average Bonchev–Trinajstić information content (AvgIpc) is 2.80. The van der Waals surface area contributed by atoms with Crippen LogP contribution in [0.1, 0.15) is 18.4 Å². The topological polar surface area (TPSA) is 0 Å². The SMILES string of the molecule is c1ccc(C23CC4C5CC6C4C2C6C53)cc1. The Balaban J connectivity index is 1.62. The first-order valence-electron chi connectivity index (χ1n) is 6.98. The molecule has 6 fully saturated rings. The Kier molecular flexibility index (Phi) is 0.891. The van der Waals surface area contributed by atoms with Crippen LogP contribution in [0.25, 0.3) is 0 Å². The summed E-state index contributed by atoms with van der Waals surface area (Å²) in [5.74, 6) is 8.14. The van der Waals surface area contributed by atoms with Crippen LogP contribution in [-0.2, 0) is 5.41 Å². The highest BCUT2D eigenvalue weighted by atomic mass is 14.9. The van der Waals surface area contributed by atoms with E-state index in [9.17, 15) is 0 Å². The first-order valence-corrected chi connectivity index (χ1v) is 6.98. The third-order valence-electron chi connectivity index (χ3n) is 7.36. The summed E-state index contributed by atoms with van der Waals surface area (Å²) in [5.41, 5.74) is 2.40. The van der Waals surface area contributed by atoms with E-state index in [-0.39, 0.29) is 0 Å². The number of rotatable bonds is 1. The maximum Gasteiger partial charge on any atom is 0.00236 e. The van der Waals surface area contributed by atoms with Gasteiger partial charge in [-0.1, -0.05) is 30.3 Å². The highest BCUT2D eigenvalue weighted by Crippen LogP contribution is 2.92. The summed E-state index contributed by atoms with van der Waals surface area (Å²) < 4.78 is 0. The van der Waals surface area contributed by atoms with Crippen LogP contribution in [-0.4, -0.2) is 0 Å². The van der Waals surface area contributed by atoms with Gasteiger partial charge in [-0.3, -0.25) is 0 Å². The minimum absolute atomic E-state index is 0.693. The minimum Gasteiger partial charge on any atom is -0.0622 e. The van der Waals surface area contributed by atoms with Gasteiger partial charge in [-0.2, -0.15) is 0 Å². The molecule has 0 heteroatoms. The quantitative estimate of drug-likeness (QED) is 0.665. The largest absolute Gasteiger partial charge is 0.0622 e. The fraction of sp³-hybridized carbons (Fsp3) is 0.625. The molecule has 8 atom stereocenters. The Morgan fingerprint density at radius 1 is 0.875 bits per heavy atom. The number of hydrogen-bond acceptors (Lipinski definition) is 0. The van der Waals surface area contributed by atoms with Crippen LogP contribution >= 0.6 is 0 Å². The van der Waals surface area contributed by atoms with Gasteiger partial charge in [-0.25, -0.2) is 0 Å². The summed E-state index contributed by atoms with van der Waals surface area (Å²) in [4.78, 5) is 0. The Morgan fingerprint density at radius 2 is 1.75 bits per heavy atom. The maximum atomic E-state index is 2.42. The van der Waals surface area contributed by atoms with E-state index in [1.54, 1.807) is 18.4 Å². The summed E-state index contributed by atoms with van der Waals surface area (Å²) in [7, 11) is 0. The van der Waals surface area contributed by atoms with E-state index < -0.39 is 0 Å². The molecule has 80 valence electrons. The van der Waals surface area contributed by atoms with Gasteiger partial charge in [0.05, 0.1) is 0 Å². The zero-order chi connectivity index (χ0) is 10.1. The lowest BCUT2D eigenvalue weighted by Crippen LogP contribution is -2.68. The number of hydrogen-bond donors (Lipinski definition) is 0. The Morgan fingerprint density at radius 3 is 2.50 bits per heavy atom. The van der Waals surface area contributed by atoms with Gasteiger partial charge in [0, 0.05) is 5.41 Å². The van der Waals surface area contributed by atoms with E-state index >= 15 is 0 Å². The molecule has 0 amide bonds. The van der Waals surface area contributed by atoms with Crippen LogP contribution in [0, 0.1) is 41.4 Å². The monoisotopic (exact) mass is 208 g/mol. The normalized spacial score (nSPS) is 65.9. The molecule has 6 aliphatic rings. The van der Waals surface area contributed by atoms with E-state index in [0.717, 1.165) is 23.7 Å². The predicted molar refractivity (Wildman–Crippen MR) is 61.8 cm³/mol. The molecular weight excluding hydrogens is 192 g/mol. The summed E-state index contributed by atoms with van der Waals surface area (Å²) in [6.45, 7) is 0. The molecule has 0 nitrogen and oxygen atoms in total. The van der Waals surface area contributed by atoms with Crippen LogP contribution in [0.3, 0.4) is 0 Å². The third kappa shape index (κ3) is 0.450. The second-order valence-corrected chi connectivity index (χ2v) is 7.04. The first-order chi connectivity index (χ1) is 7.93. The molecule has 0 aliphatic heterocycles. The fourth-order valence-electron chi connectivity index (χ4n) is 7.48. The predicted octanol–water partition coefficient (Wildman–Crippen LogP) is 3.09. The van der Waals surface area contributed by atoms with E-state index in [0.29, 0.717) is 5.41 Å². The second-order valence-electron chi connectivity index (χ2n) is 7.04. The van der Waals surface area contributed by atoms with Crippen LogP contribution in [0.4, 0.5) is 0 Å². The van der Waals surface area contributed by atoms with Gasteiger partial charge in [-0.15, -0.1) is 0 Å². The fourth-order valence-corrected chi connectivity index (χ4v) is 7.48. The van der Waals surface area contributed by atoms with Crippen molar-refractivity contribution in [1.82, 2.24) is 0 Å². The van der Waals surface area contributed by atoms with Crippen molar-refractivity contribution in [2.24, 2.45) is 41.4 Å². The summed E-state index contributed by atoms with van der Waals surface area (Å²) in [6, 6.07) is 11.5. The van der Waals surface area contributed by atoms with Crippen LogP contribution in [0.5, 0.6) is 0 Å².